The topological polar surface area (TPSA) is 55.1 Å². The lowest BCUT2D eigenvalue weighted by Crippen LogP contribution is -2.12. The summed E-state index contributed by atoms with van der Waals surface area (Å²) in [6.07, 6.45) is 16.4. The van der Waals surface area contributed by atoms with Crippen molar-refractivity contribution in [2.24, 2.45) is 0 Å². The van der Waals surface area contributed by atoms with Crippen LogP contribution < -0.4 is 10.9 Å². The minimum absolute atomic E-state index is 0. The maximum Gasteiger partial charge on any atom is 0.344 e. The van der Waals surface area contributed by atoms with E-state index in [-0.39, 0.29) is 11.8 Å². The van der Waals surface area contributed by atoms with Gasteiger partial charge in [-0.2, -0.15) is 4.98 Å². The molecule has 154 valence electrons. The summed E-state index contributed by atoms with van der Waals surface area (Å²) in [5.74, 6) is 0.389. The Bertz CT molecular complexity index is 666. The summed E-state index contributed by atoms with van der Waals surface area (Å²) in [5.41, 5.74) is 0.701. The normalized spacial score (nSPS) is 22.5. The van der Waals surface area contributed by atoms with Crippen molar-refractivity contribution in [1.29, 1.82) is 0 Å². The lowest BCUT2D eigenvalue weighted by atomic mass is 10.1. The van der Waals surface area contributed by atoms with Crippen LogP contribution in [-0.4, -0.2) is 16.3 Å². The molecule has 0 aromatic carbocycles. The molecule has 4 nitrogen and oxygen atoms in total. The van der Waals surface area contributed by atoms with E-state index in [1.165, 1.54) is 70.6 Å². The number of fused-ring (bicyclic) bond motifs is 3. The number of hydrogen-bond donors (Lipinski definition) is 1. The number of nitrogens with one attached hydrogen (secondary N) is 1. The van der Waals surface area contributed by atoms with Crippen molar-refractivity contribution in [2.75, 3.05) is 11.9 Å². The highest BCUT2D eigenvalue weighted by Gasteiger charge is 2.62. The molecule has 27 heavy (non-hydrogen) atoms. The van der Waals surface area contributed by atoms with Crippen molar-refractivity contribution in [3.63, 3.8) is 0 Å². The summed E-state index contributed by atoms with van der Waals surface area (Å²) in [5, 5.41) is 4.16. The Kier molecular flexibility index (Phi) is 7.68. The fourth-order valence-electron chi connectivity index (χ4n) is 4.26. The average Bonchev–Trinajstić information content (AvgIpc) is 3.24. The monoisotopic (exact) mass is 394 g/mol. The predicted octanol–water partition coefficient (Wildman–Crippen LogP) is 6.75. The van der Waals surface area contributed by atoms with E-state index in [1.807, 2.05) is 11.8 Å². The predicted molar refractivity (Wildman–Crippen MR) is 116 cm³/mol. The van der Waals surface area contributed by atoms with Crippen LogP contribution in [-0.2, 0) is 0 Å². The highest BCUT2D eigenvalue weighted by atomic mass is 32.2. The Hall–Kier alpha value is -0.970. The first-order valence-electron chi connectivity index (χ1n) is 11.2. The van der Waals surface area contributed by atoms with E-state index in [1.54, 1.807) is 0 Å². The molecule has 0 saturated heterocycles. The molecule has 1 aliphatic heterocycles. The third-order valence-corrected chi connectivity index (χ3v) is 7.59. The van der Waals surface area contributed by atoms with Crippen LogP contribution >= 0.6 is 11.8 Å². The van der Waals surface area contributed by atoms with E-state index in [4.69, 9.17) is 4.42 Å². The molecule has 1 aliphatic carbocycles. The summed E-state index contributed by atoms with van der Waals surface area (Å²) < 4.78 is 5.73. The number of rotatable bonds is 14. The quantitative estimate of drug-likeness (QED) is 0.354. The van der Waals surface area contributed by atoms with Gasteiger partial charge in [0.2, 0.25) is 0 Å². The molecule has 0 spiro atoms. The minimum atomic E-state index is -0.159. The van der Waals surface area contributed by atoms with Gasteiger partial charge in [-0.15, -0.1) is 0 Å². The number of anilines is 1. The molecular weight excluding hydrogens is 356 g/mol. The summed E-state index contributed by atoms with van der Waals surface area (Å²) in [6.45, 7) is 5.32. The Morgan fingerprint density at radius 1 is 1.07 bits per heavy atom. The summed E-state index contributed by atoms with van der Waals surface area (Å²) in [4.78, 5) is 17.1. The van der Waals surface area contributed by atoms with Gasteiger partial charge in [-0.05, 0) is 19.3 Å². The largest absolute Gasteiger partial charge is 0.389 e. The minimum Gasteiger partial charge on any atom is -0.389 e. The molecular formula is C22H38N2O2S. The molecule has 1 aromatic rings. The fraction of sp³-hybridized carbons (Fsp3) is 0.818. The molecule has 2 heterocycles. The second-order valence-electron chi connectivity index (χ2n) is 8.31. The van der Waals surface area contributed by atoms with Crippen LogP contribution in [0.1, 0.15) is 110 Å². The van der Waals surface area contributed by atoms with Crippen LogP contribution in [0.15, 0.2) is 14.2 Å². The van der Waals surface area contributed by atoms with Crippen molar-refractivity contribution in [3.05, 3.63) is 16.0 Å². The highest BCUT2D eigenvalue weighted by molar-refractivity contribution is 8.01. The van der Waals surface area contributed by atoms with Crippen LogP contribution in [0.2, 0.25) is 0 Å². The Morgan fingerprint density at radius 2 is 1.74 bits per heavy atom. The maximum atomic E-state index is 12.5. The number of unbranched alkanes of at least 4 members (excludes halogenated alkanes) is 9. The SMILES string of the molecule is CCCCCCCCNc1nc2c(c(=O)o1)C1CC1(CCCCCCC)S2.[HH]. The number of thioether (sulfide) groups is 1. The van der Waals surface area contributed by atoms with Gasteiger partial charge in [0.25, 0.3) is 6.01 Å². The molecule has 1 saturated carbocycles. The van der Waals surface area contributed by atoms with E-state index in [0.29, 0.717) is 11.9 Å². The van der Waals surface area contributed by atoms with Crippen LogP contribution in [0.4, 0.5) is 6.01 Å². The Balaban J connectivity index is 0.00000280. The lowest BCUT2D eigenvalue weighted by molar-refractivity contribution is 0.483. The van der Waals surface area contributed by atoms with Gasteiger partial charge in [0, 0.05) is 18.6 Å². The van der Waals surface area contributed by atoms with Gasteiger partial charge in [-0.3, -0.25) is 0 Å². The number of hydrogen-bond acceptors (Lipinski definition) is 5. The standard InChI is InChI=1S/C22H36N2O2S.H2/c1-3-5-7-9-11-13-15-23-21-24-19-18(20(25)26-21)17-16-22(17,27-19)14-12-10-8-6-4-2;/h17H,3-16H2,1-2H3,(H,23,24);1H. The van der Waals surface area contributed by atoms with Crippen LogP contribution in [0, 0.1) is 0 Å². The van der Waals surface area contributed by atoms with E-state index in [0.717, 1.165) is 30.0 Å². The molecule has 2 atom stereocenters. The van der Waals surface area contributed by atoms with Crippen molar-refractivity contribution in [2.45, 2.75) is 113 Å². The van der Waals surface area contributed by atoms with E-state index in [2.05, 4.69) is 24.1 Å². The van der Waals surface area contributed by atoms with Crippen molar-refractivity contribution in [1.82, 2.24) is 4.98 Å². The maximum absolute atomic E-state index is 12.5. The van der Waals surface area contributed by atoms with Crippen LogP contribution in [0.25, 0.3) is 0 Å². The molecule has 0 bridgehead atoms. The Morgan fingerprint density at radius 3 is 2.48 bits per heavy atom. The second kappa shape index (κ2) is 9.99. The van der Waals surface area contributed by atoms with E-state index >= 15 is 0 Å². The third-order valence-electron chi connectivity index (χ3n) is 6.03. The molecule has 1 N–H and O–H groups in total. The van der Waals surface area contributed by atoms with Crippen molar-refractivity contribution < 1.29 is 5.84 Å². The van der Waals surface area contributed by atoms with Crippen molar-refractivity contribution >= 4 is 17.8 Å². The second-order valence-corrected chi connectivity index (χ2v) is 9.71. The fourth-order valence-corrected chi connectivity index (χ4v) is 5.87. The van der Waals surface area contributed by atoms with Gasteiger partial charge in [0.1, 0.15) is 5.03 Å². The molecule has 1 fully saturated rings. The first-order chi connectivity index (χ1) is 13.2. The third kappa shape index (κ3) is 5.30. The van der Waals surface area contributed by atoms with E-state index in [9.17, 15) is 4.79 Å². The summed E-state index contributed by atoms with van der Waals surface area (Å²) >= 11 is 1.85. The van der Waals surface area contributed by atoms with Gasteiger partial charge in [0.15, 0.2) is 0 Å². The molecule has 2 unspecified atom stereocenters. The first kappa shape index (κ1) is 20.8. The highest BCUT2D eigenvalue weighted by Crippen LogP contribution is 2.70. The number of nitrogens with zero attached hydrogens (tertiary/aromatic N) is 1. The zero-order chi connectivity index (χ0) is 19.1. The molecule has 0 radical (unpaired) electrons. The van der Waals surface area contributed by atoms with E-state index < -0.39 is 0 Å². The average molecular weight is 395 g/mol. The Labute approximate surface area is 169 Å². The summed E-state index contributed by atoms with van der Waals surface area (Å²) in [7, 11) is 0. The summed E-state index contributed by atoms with van der Waals surface area (Å²) in [6, 6.07) is 0.416. The van der Waals surface area contributed by atoms with Crippen molar-refractivity contribution in [3.8, 4) is 0 Å². The first-order valence-corrected chi connectivity index (χ1v) is 12.0. The molecule has 2 aliphatic rings. The zero-order valence-corrected chi connectivity index (χ0v) is 18.0. The number of aromatic nitrogens is 1. The van der Waals surface area contributed by atoms with Gasteiger partial charge in [0.05, 0.1) is 5.56 Å². The van der Waals surface area contributed by atoms with Gasteiger partial charge < -0.3 is 9.73 Å². The van der Waals surface area contributed by atoms with Crippen LogP contribution in [0.3, 0.4) is 0 Å². The molecule has 5 heteroatoms. The van der Waals surface area contributed by atoms with Gasteiger partial charge in [-0.1, -0.05) is 89.8 Å². The van der Waals surface area contributed by atoms with Gasteiger partial charge >= 0.3 is 5.63 Å². The lowest BCUT2D eigenvalue weighted by Gasteiger charge is -2.11. The zero-order valence-electron chi connectivity index (χ0n) is 17.1. The van der Waals surface area contributed by atoms with Crippen LogP contribution in [0.5, 0.6) is 0 Å². The molecule has 1 aromatic heterocycles. The van der Waals surface area contributed by atoms with Gasteiger partial charge in [-0.25, -0.2) is 4.79 Å². The molecule has 0 amide bonds. The molecule has 3 rings (SSSR count). The smallest absolute Gasteiger partial charge is 0.344 e.